The molecule has 1 aromatic carbocycles. The van der Waals surface area contributed by atoms with E-state index in [1.807, 2.05) is 42.0 Å². The van der Waals surface area contributed by atoms with Gasteiger partial charge in [-0.05, 0) is 18.1 Å². The molecule has 2 rings (SSSR count). The van der Waals surface area contributed by atoms with Gasteiger partial charge in [0, 0.05) is 31.5 Å². The molecular formula is C15H20N4O. The summed E-state index contributed by atoms with van der Waals surface area (Å²) in [5, 5.41) is 2.98. The van der Waals surface area contributed by atoms with Gasteiger partial charge in [-0.15, -0.1) is 0 Å². The average Bonchev–Trinajstić information content (AvgIpc) is 2.92. The molecule has 1 unspecified atom stereocenters. The molecular weight excluding hydrogens is 252 g/mol. The van der Waals surface area contributed by atoms with Gasteiger partial charge in [-0.2, -0.15) is 0 Å². The van der Waals surface area contributed by atoms with Gasteiger partial charge >= 0.3 is 0 Å². The zero-order valence-corrected chi connectivity index (χ0v) is 11.6. The van der Waals surface area contributed by atoms with Gasteiger partial charge in [0.05, 0.1) is 12.7 Å². The molecule has 0 spiro atoms. The van der Waals surface area contributed by atoms with Crippen LogP contribution in [0.25, 0.3) is 0 Å². The third kappa shape index (κ3) is 4.20. The molecule has 0 radical (unpaired) electrons. The lowest BCUT2D eigenvalue weighted by Crippen LogP contribution is -2.36. The highest BCUT2D eigenvalue weighted by molar-refractivity contribution is 5.78. The summed E-state index contributed by atoms with van der Waals surface area (Å²) in [6.45, 7) is 3.22. The number of hydrogen-bond donors (Lipinski definition) is 2. The number of carbonyl (C=O) groups excluding carboxylic acids is 1. The predicted molar refractivity (Wildman–Crippen MR) is 77.9 cm³/mol. The molecule has 0 saturated carbocycles. The van der Waals surface area contributed by atoms with E-state index in [0.717, 1.165) is 17.7 Å². The Morgan fingerprint density at radius 3 is 2.65 bits per heavy atom. The molecule has 0 bridgehead atoms. The number of imidazole rings is 1. The summed E-state index contributed by atoms with van der Waals surface area (Å²) in [6, 6.07) is 7.87. The third-order valence-corrected chi connectivity index (χ3v) is 3.07. The number of rotatable bonds is 6. The molecule has 1 heterocycles. The molecule has 1 atom stereocenters. The minimum atomic E-state index is 0.0260. The average molecular weight is 272 g/mol. The molecule has 2 aromatic rings. The van der Waals surface area contributed by atoms with Gasteiger partial charge in [0.2, 0.25) is 5.91 Å². The SMILES string of the molecule is CC(Cn1ccnc1)NC(=O)Cc1ccc(CN)cc1. The molecule has 0 fully saturated rings. The van der Waals surface area contributed by atoms with E-state index in [1.54, 1.807) is 12.5 Å². The Morgan fingerprint density at radius 2 is 2.05 bits per heavy atom. The summed E-state index contributed by atoms with van der Waals surface area (Å²) in [4.78, 5) is 15.9. The first-order chi connectivity index (χ1) is 9.67. The third-order valence-electron chi connectivity index (χ3n) is 3.07. The Labute approximate surface area is 118 Å². The number of benzene rings is 1. The van der Waals surface area contributed by atoms with Crippen LogP contribution in [0.3, 0.4) is 0 Å². The number of hydrogen-bond acceptors (Lipinski definition) is 3. The lowest BCUT2D eigenvalue weighted by molar-refractivity contribution is -0.121. The van der Waals surface area contributed by atoms with Crippen LogP contribution in [-0.2, 0) is 24.3 Å². The van der Waals surface area contributed by atoms with Gasteiger partial charge in [0.1, 0.15) is 0 Å². The van der Waals surface area contributed by atoms with Gasteiger partial charge in [-0.1, -0.05) is 24.3 Å². The standard InChI is InChI=1S/C15H20N4O/c1-12(10-19-7-6-17-11-19)18-15(20)8-13-2-4-14(9-16)5-3-13/h2-7,11-12H,8-10,16H2,1H3,(H,18,20). The van der Waals surface area contributed by atoms with Crippen molar-refractivity contribution >= 4 is 5.91 Å². The highest BCUT2D eigenvalue weighted by Gasteiger charge is 2.08. The van der Waals surface area contributed by atoms with E-state index >= 15 is 0 Å². The zero-order chi connectivity index (χ0) is 14.4. The Bertz CT molecular complexity index is 534. The molecule has 1 aromatic heterocycles. The molecule has 5 heteroatoms. The van der Waals surface area contributed by atoms with Crippen molar-refractivity contribution in [1.29, 1.82) is 0 Å². The largest absolute Gasteiger partial charge is 0.352 e. The maximum absolute atomic E-state index is 11.9. The Hall–Kier alpha value is -2.14. The van der Waals surface area contributed by atoms with Gasteiger partial charge < -0.3 is 15.6 Å². The fourth-order valence-corrected chi connectivity index (χ4v) is 2.06. The number of amides is 1. The summed E-state index contributed by atoms with van der Waals surface area (Å²) in [7, 11) is 0. The van der Waals surface area contributed by atoms with Crippen LogP contribution in [0.1, 0.15) is 18.1 Å². The molecule has 0 aliphatic carbocycles. The molecule has 106 valence electrons. The first-order valence-corrected chi connectivity index (χ1v) is 6.70. The van der Waals surface area contributed by atoms with E-state index in [-0.39, 0.29) is 11.9 Å². The van der Waals surface area contributed by atoms with E-state index in [4.69, 9.17) is 5.73 Å². The zero-order valence-electron chi connectivity index (χ0n) is 11.6. The van der Waals surface area contributed by atoms with E-state index in [2.05, 4.69) is 10.3 Å². The first kappa shape index (κ1) is 14.3. The molecule has 5 nitrogen and oxygen atoms in total. The van der Waals surface area contributed by atoms with Crippen LogP contribution in [0.2, 0.25) is 0 Å². The van der Waals surface area contributed by atoms with Crippen molar-refractivity contribution in [2.75, 3.05) is 0 Å². The van der Waals surface area contributed by atoms with Crippen LogP contribution in [0.4, 0.5) is 0 Å². The lowest BCUT2D eigenvalue weighted by atomic mass is 10.1. The van der Waals surface area contributed by atoms with Gasteiger partial charge in [0.25, 0.3) is 0 Å². The van der Waals surface area contributed by atoms with Crippen LogP contribution in [0.15, 0.2) is 43.0 Å². The van der Waals surface area contributed by atoms with Crippen molar-refractivity contribution in [3.05, 3.63) is 54.1 Å². The summed E-state index contributed by atoms with van der Waals surface area (Å²) >= 11 is 0. The summed E-state index contributed by atoms with van der Waals surface area (Å²) < 4.78 is 1.95. The minimum absolute atomic E-state index is 0.0260. The van der Waals surface area contributed by atoms with Gasteiger partial charge in [0.15, 0.2) is 0 Å². The highest BCUT2D eigenvalue weighted by Crippen LogP contribution is 2.05. The predicted octanol–water partition coefficient (Wildman–Crippen LogP) is 1.09. The Morgan fingerprint density at radius 1 is 1.35 bits per heavy atom. The van der Waals surface area contributed by atoms with Crippen LogP contribution >= 0.6 is 0 Å². The number of nitrogens with two attached hydrogens (primary N) is 1. The lowest BCUT2D eigenvalue weighted by Gasteiger charge is -2.14. The van der Waals surface area contributed by atoms with Gasteiger partial charge in [-0.25, -0.2) is 4.98 Å². The number of aromatic nitrogens is 2. The number of nitrogens with one attached hydrogen (secondary N) is 1. The molecule has 0 saturated heterocycles. The van der Waals surface area contributed by atoms with Gasteiger partial charge in [-0.3, -0.25) is 4.79 Å². The van der Waals surface area contributed by atoms with E-state index < -0.39 is 0 Å². The molecule has 0 aliphatic rings. The summed E-state index contributed by atoms with van der Waals surface area (Å²) in [5.41, 5.74) is 7.61. The summed E-state index contributed by atoms with van der Waals surface area (Å²) in [5.74, 6) is 0.0260. The van der Waals surface area contributed by atoms with Crippen molar-refractivity contribution in [3.63, 3.8) is 0 Å². The normalized spacial score (nSPS) is 12.1. The van der Waals surface area contributed by atoms with Crippen molar-refractivity contribution in [2.24, 2.45) is 5.73 Å². The second kappa shape index (κ2) is 6.86. The molecule has 20 heavy (non-hydrogen) atoms. The van der Waals surface area contributed by atoms with Crippen molar-refractivity contribution in [2.45, 2.75) is 32.5 Å². The maximum atomic E-state index is 11.9. The monoisotopic (exact) mass is 272 g/mol. The van der Waals surface area contributed by atoms with Crippen LogP contribution in [0.5, 0.6) is 0 Å². The van der Waals surface area contributed by atoms with Crippen LogP contribution < -0.4 is 11.1 Å². The van der Waals surface area contributed by atoms with Crippen molar-refractivity contribution in [1.82, 2.24) is 14.9 Å². The van der Waals surface area contributed by atoms with E-state index in [9.17, 15) is 4.79 Å². The van der Waals surface area contributed by atoms with Crippen LogP contribution in [0, 0.1) is 0 Å². The quantitative estimate of drug-likeness (QED) is 0.826. The second-order valence-electron chi connectivity index (χ2n) is 4.93. The Balaban J connectivity index is 1.82. The Kier molecular flexibility index (Phi) is 4.90. The second-order valence-corrected chi connectivity index (χ2v) is 4.93. The fourth-order valence-electron chi connectivity index (χ4n) is 2.06. The van der Waals surface area contributed by atoms with E-state index in [1.165, 1.54) is 0 Å². The highest BCUT2D eigenvalue weighted by atomic mass is 16.1. The van der Waals surface area contributed by atoms with Crippen molar-refractivity contribution in [3.8, 4) is 0 Å². The maximum Gasteiger partial charge on any atom is 0.224 e. The topological polar surface area (TPSA) is 72.9 Å². The molecule has 1 amide bonds. The van der Waals surface area contributed by atoms with Crippen LogP contribution in [-0.4, -0.2) is 21.5 Å². The summed E-state index contributed by atoms with van der Waals surface area (Å²) in [6.07, 6.45) is 5.75. The minimum Gasteiger partial charge on any atom is -0.352 e. The first-order valence-electron chi connectivity index (χ1n) is 6.70. The smallest absolute Gasteiger partial charge is 0.224 e. The number of nitrogens with zero attached hydrogens (tertiary/aromatic N) is 2. The van der Waals surface area contributed by atoms with Crippen molar-refractivity contribution < 1.29 is 4.79 Å². The number of carbonyl (C=O) groups is 1. The fraction of sp³-hybridized carbons (Fsp3) is 0.333. The van der Waals surface area contributed by atoms with E-state index in [0.29, 0.717) is 13.0 Å². The molecule has 0 aliphatic heterocycles. The molecule has 3 N–H and O–H groups in total.